The predicted octanol–water partition coefficient (Wildman–Crippen LogP) is 5.81. The summed E-state index contributed by atoms with van der Waals surface area (Å²) in [5.74, 6) is 0.746. The molecule has 0 aromatic heterocycles. The Labute approximate surface area is 206 Å². The van der Waals surface area contributed by atoms with E-state index in [1.165, 1.54) is 0 Å². The van der Waals surface area contributed by atoms with Crippen LogP contribution in [0.4, 0.5) is 0 Å². The molecule has 0 spiro atoms. The number of methoxy groups -OCH3 is 2. The molecule has 6 nitrogen and oxygen atoms in total. The van der Waals surface area contributed by atoms with Crippen LogP contribution in [0.15, 0.2) is 48.5 Å². The van der Waals surface area contributed by atoms with E-state index in [4.69, 9.17) is 18.9 Å². The van der Waals surface area contributed by atoms with Gasteiger partial charge in [0.25, 0.3) is 0 Å². The van der Waals surface area contributed by atoms with Crippen LogP contribution in [-0.4, -0.2) is 39.4 Å². The normalized spacial score (nSPS) is 13.1. The van der Waals surface area contributed by atoms with Gasteiger partial charge in [0.2, 0.25) is 0 Å². The van der Waals surface area contributed by atoms with Gasteiger partial charge >= 0.3 is 11.9 Å². The summed E-state index contributed by atoms with van der Waals surface area (Å²) in [4.78, 5) is 25.0. The number of esters is 2. The zero-order valence-electron chi connectivity index (χ0n) is 20.8. The number of ether oxygens (including phenoxy) is 4. The average molecular weight is 477 g/mol. The van der Waals surface area contributed by atoms with Gasteiger partial charge in [-0.2, -0.15) is 0 Å². The topological polar surface area (TPSA) is 71.1 Å². The Balaban J connectivity index is 1.94. The third-order valence-electron chi connectivity index (χ3n) is 6.85. The first-order valence-corrected chi connectivity index (χ1v) is 12.1. The molecule has 0 bridgehead atoms. The van der Waals surface area contributed by atoms with E-state index in [2.05, 4.69) is 24.3 Å². The number of carbonyl (C=O) groups excluding carboxylic acids is 2. The summed E-state index contributed by atoms with van der Waals surface area (Å²) < 4.78 is 21.8. The van der Waals surface area contributed by atoms with Gasteiger partial charge in [0, 0.05) is 18.3 Å². The minimum absolute atomic E-state index is 0.233. The zero-order valence-corrected chi connectivity index (χ0v) is 20.8. The Bertz CT molecular complexity index is 1220. The molecular formula is C29H32O6. The molecule has 1 aliphatic rings. The van der Waals surface area contributed by atoms with Gasteiger partial charge in [-0.3, -0.25) is 9.59 Å². The smallest absolute Gasteiger partial charge is 0.305 e. The van der Waals surface area contributed by atoms with Crippen LogP contribution >= 0.6 is 0 Å². The summed E-state index contributed by atoms with van der Waals surface area (Å²) in [5, 5.41) is 2.23. The van der Waals surface area contributed by atoms with Crippen molar-refractivity contribution in [3.63, 3.8) is 0 Å². The number of benzene rings is 3. The first kappa shape index (κ1) is 24.6. The second-order valence-electron chi connectivity index (χ2n) is 8.69. The minimum atomic E-state index is -0.590. The first-order valence-electron chi connectivity index (χ1n) is 12.1. The molecule has 1 aliphatic carbocycles. The molecule has 3 aromatic rings. The van der Waals surface area contributed by atoms with Crippen LogP contribution in [0.3, 0.4) is 0 Å². The second kappa shape index (κ2) is 10.4. The van der Waals surface area contributed by atoms with Gasteiger partial charge in [-0.1, -0.05) is 24.3 Å². The maximum atomic E-state index is 12.5. The molecule has 0 atom stereocenters. The standard InChI is InChI=1S/C29H32O6/c1-5-34-27(30)11-13-29(14-12-28(31)35-6-2)23-16-20-10-8-7-9-19(20)15-21(23)22-17-25(32-3)26(33-4)18-24(22)29/h7-10,15-18H,5-6,11-14H2,1-4H3. The van der Waals surface area contributed by atoms with Crippen molar-refractivity contribution < 1.29 is 28.5 Å². The molecule has 0 heterocycles. The summed E-state index contributed by atoms with van der Waals surface area (Å²) in [6.45, 7) is 4.27. The number of rotatable bonds is 10. The highest BCUT2D eigenvalue weighted by molar-refractivity contribution is 5.94. The largest absolute Gasteiger partial charge is 0.493 e. The third kappa shape index (κ3) is 4.57. The summed E-state index contributed by atoms with van der Waals surface area (Å²) in [5.41, 5.74) is 3.63. The lowest BCUT2D eigenvalue weighted by atomic mass is 9.71. The lowest BCUT2D eigenvalue weighted by molar-refractivity contribution is -0.143. The Morgan fingerprint density at radius 3 is 1.74 bits per heavy atom. The Morgan fingerprint density at radius 1 is 0.714 bits per heavy atom. The van der Waals surface area contributed by atoms with Crippen LogP contribution in [0.5, 0.6) is 11.5 Å². The maximum absolute atomic E-state index is 12.5. The molecule has 4 rings (SSSR count). The summed E-state index contributed by atoms with van der Waals surface area (Å²) in [6.07, 6.45) is 1.46. The summed E-state index contributed by atoms with van der Waals surface area (Å²) >= 11 is 0. The SMILES string of the molecule is CCOC(=O)CCC1(CCC(=O)OCC)c2cc(OC)c(OC)cc2-c2cc3ccccc3cc21. The Hall–Kier alpha value is -3.54. The summed E-state index contributed by atoms with van der Waals surface area (Å²) in [7, 11) is 3.23. The first-order chi connectivity index (χ1) is 17.0. The molecule has 0 aliphatic heterocycles. The highest BCUT2D eigenvalue weighted by Gasteiger charge is 2.44. The van der Waals surface area contributed by atoms with Crippen LogP contribution in [0.2, 0.25) is 0 Å². The van der Waals surface area contributed by atoms with Gasteiger partial charge in [-0.15, -0.1) is 0 Å². The van der Waals surface area contributed by atoms with Crippen molar-refractivity contribution in [2.75, 3.05) is 27.4 Å². The monoisotopic (exact) mass is 476 g/mol. The van der Waals surface area contributed by atoms with Crippen molar-refractivity contribution in [2.45, 2.75) is 44.9 Å². The third-order valence-corrected chi connectivity index (χ3v) is 6.85. The van der Waals surface area contributed by atoms with Crippen molar-refractivity contribution in [3.05, 3.63) is 59.7 Å². The summed E-state index contributed by atoms with van der Waals surface area (Å²) in [6, 6.07) is 16.6. The fourth-order valence-corrected chi connectivity index (χ4v) is 5.26. The molecule has 0 fully saturated rings. The fraction of sp³-hybridized carbons (Fsp3) is 0.379. The van der Waals surface area contributed by atoms with E-state index in [-0.39, 0.29) is 24.8 Å². The molecule has 0 N–H and O–H groups in total. The van der Waals surface area contributed by atoms with Crippen molar-refractivity contribution in [3.8, 4) is 22.6 Å². The van der Waals surface area contributed by atoms with Gasteiger partial charge in [0.1, 0.15) is 0 Å². The van der Waals surface area contributed by atoms with Crippen molar-refractivity contribution in [1.82, 2.24) is 0 Å². The Morgan fingerprint density at radius 2 is 1.20 bits per heavy atom. The van der Waals surface area contributed by atoms with Gasteiger partial charge in [0.15, 0.2) is 11.5 Å². The van der Waals surface area contributed by atoms with Gasteiger partial charge in [-0.05, 0) is 84.0 Å². The molecule has 0 saturated heterocycles. The van der Waals surface area contributed by atoms with Gasteiger partial charge in [-0.25, -0.2) is 0 Å². The predicted molar refractivity (Wildman–Crippen MR) is 135 cm³/mol. The van der Waals surface area contributed by atoms with Crippen molar-refractivity contribution in [2.24, 2.45) is 0 Å². The Kier molecular flexibility index (Phi) is 7.29. The molecule has 6 heteroatoms. The van der Waals surface area contributed by atoms with E-state index in [0.29, 0.717) is 37.6 Å². The second-order valence-corrected chi connectivity index (χ2v) is 8.69. The number of hydrogen-bond donors (Lipinski definition) is 0. The van der Waals surface area contributed by atoms with E-state index in [9.17, 15) is 9.59 Å². The van der Waals surface area contributed by atoms with Gasteiger partial charge < -0.3 is 18.9 Å². The molecule has 0 saturated carbocycles. The van der Waals surface area contributed by atoms with E-state index in [1.54, 1.807) is 28.1 Å². The molecule has 0 radical (unpaired) electrons. The number of carbonyl (C=O) groups is 2. The number of fused-ring (bicyclic) bond motifs is 4. The zero-order chi connectivity index (χ0) is 25.0. The molecular weight excluding hydrogens is 444 g/mol. The maximum Gasteiger partial charge on any atom is 0.305 e. The van der Waals surface area contributed by atoms with Crippen LogP contribution < -0.4 is 9.47 Å². The van der Waals surface area contributed by atoms with Gasteiger partial charge in [0.05, 0.1) is 27.4 Å². The van der Waals surface area contributed by atoms with E-state index < -0.39 is 5.41 Å². The van der Waals surface area contributed by atoms with Crippen LogP contribution in [0.25, 0.3) is 21.9 Å². The fourth-order valence-electron chi connectivity index (χ4n) is 5.26. The highest BCUT2D eigenvalue weighted by atomic mass is 16.5. The molecule has 35 heavy (non-hydrogen) atoms. The lowest BCUT2D eigenvalue weighted by Crippen LogP contribution is -2.28. The van der Waals surface area contributed by atoms with Crippen LogP contribution in [0, 0.1) is 0 Å². The molecule has 3 aromatic carbocycles. The van der Waals surface area contributed by atoms with E-state index >= 15 is 0 Å². The quantitative estimate of drug-likeness (QED) is 0.344. The minimum Gasteiger partial charge on any atom is -0.493 e. The highest BCUT2D eigenvalue weighted by Crippen LogP contribution is 2.57. The van der Waals surface area contributed by atoms with Crippen molar-refractivity contribution in [1.29, 1.82) is 0 Å². The number of hydrogen-bond acceptors (Lipinski definition) is 6. The van der Waals surface area contributed by atoms with Crippen molar-refractivity contribution >= 4 is 22.7 Å². The van der Waals surface area contributed by atoms with E-state index in [0.717, 1.165) is 33.0 Å². The van der Waals surface area contributed by atoms with E-state index in [1.807, 2.05) is 24.3 Å². The molecule has 0 amide bonds. The average Bonchev–Trinajstić information content (AvgIpc) is 3.12. The van der Waals surface area contributed by atoms with Crippen LogP contribution in [-0.2, 0) is 24.5 Å². The van der Waals surface area contributed by atoms with Crippen LogP contribution in [0.1, 0.15) is 50.7 Å². The lowest BCUT2D eigenvalue weighted by Gasteiger charge is -2.32. The molecule has 184 valence electrons. The molecule has 0 unspecified atom stereocenters.